The highest BCUT2D eigenvalue weighted by Gasteiger charge is 2.25. The molecule has 1 aromatic rings. The molecule has 0 spiro atoms. The predicted molar refractivity (Wildman–Crippen MR) is 85.2 cm³/mol. The molecular formula is C16H26N4O3. The Morgan fingerprint density at radius 1 is 1.26 bits per heavy atom. The number of piperazine rings is 1. The van der Waals surface area contributed by atoms with Crippen LogP contribution in [0, 0.1) is 0 Å². The van der Waals surface area contributed by atoms with Gasteiger partial charge in [0.25, 0.3) is 0 Å². The Morgan fingerprint density at radius 3 is 2.70 bits per heavy atom. The summed E-state index contributed by atoms with van der Waals surface area (Å²) in [6.07, 6.45) is 6.26. The molecule has 2 saturated heterocycles. The van der Waals surface area contributed by atoms with Gasteiger partial charge in [0.1, 0.15) is 0 Å². The number of aryl methyl sites for hydroxylation is 1. The summed E-state index contributed by atoms with van der Waals surface area (Å²) in [4.78, 5) is 15.7. The van der Waals surface area contributed by atoms with Crippen LogP contribution in [-0.4, -0.2) is 76.1 Å². The van der Waals surface area contributed by atoms with Crippen LogP contribution in [0.3, 0.4) is 0 Å². The zero-order valence-electron chi connectivity index (χ0n) is 13.6. The Morgan fingerprint density at radius 2 is 2.00 bits per heavy atom. The Labute approximate surface area is 136 Å². The summed E-state index contributed by atoms with van der Waals surface area (Å²) in [5, 5.41) is 13.0. The molecule has 2 aliphatic heterocycles. The van der Waals surface area contributed by atoms with Crippen molar-refractivity contribution in [2.24, 2.45) is 0 Å². The minimum atomic E-state index is -0.786. The van der Waals surface area contributed by atoms with Gasteiger partial charge in [0.2, 0.25) is 0 Å². The molecule has 3 rings (SSSR count). The van der Waals surface area contributed by atoms with E-state index in [0.29, 0.717) is 12.6 Å². The van der Waals surface area contributed by atoms with Crippen LogP contribution in [0.5, 0.6) is 0 Å². The van der Waals surface area contributed by atoms with Crippen molar-refractivity contribution < 1.29 is 14.6 Å². The molecule has 0 amide bonds. The number of aromatic nitrogens is 2. The molecule has 2 aliphatic rings. The van der Waals surface area contributed by atoms with Crippen molar-refractivity contribution in [3.8, 4) is 0 Å². The monoisotopic (exact) mass is 322 g/mol. The van der Waals surface area contributed by atoms with Gasteiger partial charge in [-0.3, -0.25) is 19.3 Å². The first-order chi connectivity index (χ1) is 11.2. The Bertz CT molecular complexity index is 505. The number of hydrogen-bond donors (Lipinski definition) is 1. The second kappa shape index (κ2) is 7.90. The van der Waals surface area contributed by atoms with Crippen LogP contribution in [0.2, 0.25) is 0 Å². The van der Waals surface area contributed by atoms with Gasteiger partial charge in [-0.15, -0.1) is 0 Å². The van der Waals surface area contributed by atoms with Gasteiger partial charge in [-0.2, -0.15) is 5.10 Å². The van der Waals surface area contributed by atoms with Gasteiger partial charge in [0.05, 0.1) is 19.2 Å². The summed E-state index contributed by atoms with van der Waals surface area (Å²) >= 11 is 0. The van der Waals surface area contributed by atoms with E-state index in [2.05, 4.69) is 14.9 Å². The molecule has 0 aromatic carbocycles. The van der Waals surface area contributed by atoms with E-state index >= 15 is 0 Å². The lowest BCUT2D eigenvalue weighted by atomic mass is 10.1. The van der Waals surface area contributed by atoms with Crippen molar-refractivity contribution in [3.05, 3.63) is 18.0 Å². The number of aliphatic carboxylic acids is 1. The normalized spacial score (nSPS) is 21.6. The lowest BCUT2D eigenvalue weighted by Crippen LogP contribution is -2.51. The molecule has 128 valence electrons. The highest BCUT2D eigenvalue weighted by Crippen LogP contribution is 2.17. The Balaban J connectivity index is 1.42. The molecule has 7 heteroatoms. The molecule has 2 fully saturated rings. The van der Waals surface area contributed by atoms with E-state index in [0.717, 1.165) is 64.3 Å². The number of hydrogen-bond acceptors (Lipinski definition) is 5. The van der Waals surface area contributed by atoms with Crippen molar-refractivity contribution in [1.29, 1.82) is 0 Å². The molecule has 23 heavy (non-hydrogen) atoms. The number of carboxylic acid groups (broad SMARTS) is 1. The second-order valence-electron chi connectivity index (χ2n) is 6.41. The maximum Gasteiger partial charge on any atom is 0.305 e. The summed E-state index contributed by atoms with van der Waals surface area (Å²) in [6.45, 7) is 7.55. The van der Waals surface area contributed by atoms with Gasteiger partial charge in [-0.25, -0.2) is 0 Å². The third-order valence-electron chi connectivity index (χ3n) is 4.76. The molecule has 3 heterocycles. The van der Waals surface area contributed by atoms with Crippen molar-refractivity contribution in [2.45, 2.75) is 38.4 Å². The fourth-order valence-corrected chi connectivity index (χ4v) is 3.42. The SMILES string of the molecule is O=C(O)CCn1cc(CN2CCN(C3CCOCC3)CC2)cn1. The van der Waals surface area contributed by atoms with Crippen molar-refractivity contribution in [3.63, 3.8) is 0 Å². The second-order valence-corrected chi connectivity index (χ2v) is 6.41. The Kier molecular flexibility index (Phi) is 5.64. The maximum absolute atomic E-state index is 10.6. The summed E-state index contributed by atoms with van der Waals surface area (Å²) < 4.78 is 7.17. The molecule has 7 nitrogen and oxygen atoms in total. The van der Waals surface area contributed by atoms with Crippen molar-refractivity contribution >= 4 is 5.97 Å². The van der Waals surface area contributed by atoms with Crippen LogP contribution in [0.1, 0.15) is 24.8 Å². The van der Waals surface area contributed by atoms with Crippen LogP contribution in [0.25, 0.3) is 0 Å². The maximum atomic E-state index is 10.6. The fourth-order valence-electron chi connectivity index (χ4n) is 3.42. The molecule has 1 N–H and O–H groups in total. The summed E-state index contributed by atoms with van der Waals surface area (Å²) in [5.41, 5.74) is 1.16. The van der Waals surface area contributed by atoms with Gasteiger partial charge >= 0.3 is 5.97 Å². The minimum absolute atomic E-state index is 0.116. The molecular weight excluding hydrogens is 296 g/mol. The quantitative estimate of drug-likeness (QED) is 0.829. The number of carboxylic acids is 1. The first-order valence-corrected chi connectivity index (χ1v) is 8.48. The topological polar surface area (TPSA) is 70.8 Å². The summed E-state index contributed by atoms with van der Waals surface area (Å²) in [6, 6.07) is 0.699. The first-order valence-electron chi connectivity index (χ1n) is 8.48. The summed E-state index contributed by atoms with van der Waals surface area (Å²) in [5.74, 6) is -0.786. The van der Waals surface area contributed by atoms with E-state index in [9.17, 15) is 4.79 Å². The molecule has 0 atom stereocenters. The predicted octanol–water partition coefficient (Wildman–Crippen LogP) is 0.654. The zero-order chi connectivity index (χ0) is 16.1. The number of ether oxygens (including phenoxy) is 1. The van der Waals surface area contributed by atoms with Gasteiger partial charge < -0.3 is 9.84 Å². The zero-order valence-corrected chi connectivity index (χ0v) is 13.6. The molecule has 0 radical (unpaired) electrons. The number of nitrogens with zero attached hydrogens (tertiary/aromatic N) is 4. The highest BCUT2D eigenvalue weighted by molar-refractivity contribution is 5.66. The fraction of sp³-hybridized carbons (Fsp3) is 0.750. The van der Waals surface area contributed by atoms with Crippen molar-refractivity contribution in [2.75, 3.05) is 39.4 Å². The van der Waals surface area contributed by atoms with E-state index < -0.39 is 5.97 Å². The molecule has 0 aliphatic carbocycles. The van der Waals surface area contributed by atoms with Gasteiger partial charge in [-0.1, -0.05) is 0 Å². The molecule has 0 bridgehead atoms. The van der Waals surface area contributed by atoms with Gasteiger partial charge in [-0.05, 0) is 12.8 Å². The Hall–Kier alpha value is -1.44. The largest absolute Gasteiger partial charge is 0.481 e. The average molecular weight is 322 g/mol. The van der Waals surface area contributed by atoms with Crippen LogP contribution in [0.4, 0.5) is 0 Å². The molecule has 0 saturated carbocycles. The van der Waals surface area contributed by atoms with Crippen LogP contribution < -0.4 is 0 Å². The number of carbonyl (C=O) groups is 1. The summed E-state index contributed by atoms with van der Waals surface area (Å²) in [7, 11) is 0. The van der Waals surface area contributed by atoms with Crippen LogP contribution >= 0.6 is 0 Å². The van der Waals surface area contributed by atoms with E-state index in [1.807, 2.05) is 12.4 Å². The van der Waals surface area contributed by atoms with Crippen LogP contribution in [-0.2, 0) is 22.6 Å². The van der Waals surface area contributed by atoms with Gasteiger partial charge in [0, 0.05) is 63.7 Å². The molecule has 0 unspecified atom stereocenters. The van der Waals surface area contributed by atoms with E-state index in [1.165, 1.54) is 0 Å². The van der Waals surface area contributed by atoms with Crippen molar-refractivity contribution in [1.82, 2.24) is 19.6 Å². The average Bonchev–Trinajstić information content (AvgIpc) is 3.02. The smallest absolute Gasteiger partial charge is 0.305 e. The first kappa shape index (κ1) is 16.4. The minimum Gasteiger partial charge on any atom is -0.481 e. The van der Waals surface area contributed by atoms with E-state index in [-0.39, 0.29) is 6.42 Å². The molecule has 1 aromatic heterocycles. The standard InChI is InChI=1S/C16H26N4O3/c21-16(22)1-4-20-13-14(11-17-20)12-18-5-7-19(8-6-18)15-2-9-23-10-3-15/h11,13,15H,1-10,12H2,(H,21,22). The van der Waals surface area contributed by atoms with Crippen LogP contribution in [0.15, 0.2) is 12.4 Å². The number of rotatable bonds is 6. The third kappa shape index (κ3) is 4.76. The van der Waals surface area contributed by atoms with E-state index in [4.69, 9.17) is 9.84 Å². The lowest BCUT2D eigenvalue weighted by Gasteiger charge is -2.40. The highest BCUT2D eigenvalue weighted by atomic mass is 16.5. The lowest BCUT2D eigenvalue weighted by molar-refractivity contribution is -0.137. The third-order valence-corrected chi connectivity index (χ3v) is 4.76. The van der Waals surface area contributed by atoms with E-state index in [1.54, 1.807) is 4.68 Å². The van der Waals surface area contributed by atoms with Gasteiger partial charge in [0.15, 0.2) is 0 Å².